The summed E-state index contributed by atoms with van der Waals surface area (Å²) in [4.78, 5) is 25.5. The van der Waals surface area contributed by atoms with Gasteiger partial charge < -0.3 is 19.5 Å². The number of benzene rings is 1. The van der Waals surface area contributed by atoms with Crippen LogP contribution in [-0.4, -0.2) is 47.7 Å². The van der Waals surface area contributed by atoms with E-state index in [1.807, 2.05) is 27.7 Å². The first-order valence-electron chi connectivity index (χ1n) is 7.79. The molecule has 1 N–H and O–H groups in total. The Bertz CT molecular complexity index is 599. The molecule has 6 nitrogen and oxygen atoms in total. The lowest BCUT2D eigenvalue weighted by atomic mass is 10.2. The van der Waals surface area contributed by atoms with Gasteiger partial charge >= 0.3 is 5.97 Å². The van der Waals surface area contributed by atoms with Crippen molar-refractivity contribution in [2.24, 2.45) is 0 Å². The number of carbonyl (C=O) groups is 2. The van der Waals surface area contributed by atoms with E-state index in [2.05, 4.69) is 0 Å². The first-order valence-corrected chi connectivity index (χ1v) is 7.79. The van der Waals surface area contributed by atoms with Crippen molar-refractivity contribution in [2.75, 3.05) is 13.7 Å². The van der Waals surface area contributed by atoms with E-state index < -0.39 is 5.97 Å². The molecule has 0 fully saturated rings. The van der Waals surface area contributed by atoms with Gasteiger partial charge in [-0.25, -0.2) is 4.79 Å². The Morgan fingerprint density at radius 2 is 1.83 bits per heavy atom. The standard InChI is InChI=1S/C18H25NO5/c1-12(2)19(13(3)4)17(21)11-24-18(22)9-7-14-6-8-15(20)16(10-14)23-5/h6-10,12-13,20H,11H2,1-5H3/b9-7+. The third-order valence-electron chi connectivity index (χ3n) is 3.35. The number of phenols is 1. The predicted octanol–water partition coefficient (Wildman–Crippen LogP) is 2.60. The zero-order chi connectivity index (χ0) is 18.3. The molecular weight excluding hydrogens is 310 g/mol. The summed E-state index contributed by atoms with van der Waals surface area (Å²) in [5.41, 5.74) is 0.666. The van der Waals surface area contributed by atoms with E-state index in [0.717, 1.165) is 0 Å². The van der Waals surface area contributed by atoms with Crippen molar-refractivity contribution in [2.45, 2.75) is 39.8 Å². The van der Waals surface area contributed by atoms with E-state index in [9.17, 15) is 14.7 Å². The summed E-state index contributed by atoms with van der Waals surface area (Å²) in [6.07, 6.45) is 2.76. The second kappa shape index (κ2) is 8.96. The van der Waals surface area contributed by atoms with Crippen LogP contribution in [0.4, 0.5) is 0 Å². The molecule has 0 heterocycles. The van der Waals surface area contributed by atoms with E-state index in [0.29, 0.717) is 11.3 Å². The third kappa shape index (κ3) is 5.61. The molecule has 1 amide bonds. The van der Waals surface area contributed by atoms with Gasteiger partial charge in [0.25, 0.3) is 5.91 Å². The molecule has 24 heavy (non-hydrogen) atoms. The Hall–Kier alpha value is -2.50. The van der Waals surface area contributed by atoms with Crippen molar-refractivity contribution in [3.63, 3.8) is 0 Å². The SMILES string of the molecule is COc1cc(/C=C/C(=O)OCC(=O)N(C(C)C)C(C)C)ccc1O. The lowest BCUT2D eigenvalue weighted by Crippen LogP contribution is -2.44. The normalized spacial score (nSPS) is 11.1. The number of hydrogen-bond donors (Lipinski definition) is 1. The Morgan fingerprint density at radius 1 is 1.21 bits per heavy atom. The van der Waals surface area contributed by atoms with Gasteiger partial charge in [0.2, 0.25) is 0 Å². The topological polar surface area (TPSA) is 76.1 Å². The summed E-state index contributed by atoms with van der Waals surface area (Å²) >= 11 is 0. The van der Waals surface area contributed by atoms with Gasteiger partial charge in [0.1, 0.15) is 0 Å². The smallest absolute Gasteiger partial charge is 0.331 e. The van der Waals surface area contributed by atoms with Crippen LogP contribution in [0.2, 0.25) is 0 Å². The van der Waals surface area contributed by atoms with Gasteiger partial charge in [-0.05, 0) is 51.5 Å². The van der Waals surface area contributed by atoms with Crippen molar-refractivity contribution in [1.82, 2.24) is 4.90 Å². The van der Waals surface area contributed by atoms with Crippen molar-refractivity contribution in [3.05, 3.63) is 29.8 Å². The summed E-state index contributed by atoms with van der Waals surface area (Å²) in [5, 5.41) is 9.52. The van der Waals surface area contributed by atoms with Crippen LogP contribution in [0.5, 0.6) is 11.5 Å². The minimum absolute atomic E-state index is 0.0188. The molecule has 0 aliphatic rings. The number of nitrogens with zero attached hydrogens (tertiary/aromatic N) is 1. The minimum atomic E-state index is -0.608. The number of methoxy groups -OCH3 is 1. The number of aromatic hydroxyl groups is 1. The highest BCUT2D eigenvalue weighted by Crippen LogP contribution is 2.26. The molecule has 0 aromatic heterocycles. The molecule has 0 spiro atoms. The van der Waals surface area contributed by atoms with Gasteiger partial charge in [-0.2, -0.15) is 0 Å². The van der Waals surface area contributed by atoms with Crippen LogP contribution in [0.1, 0.15) is 33.3 Å². The number of ether oxygens (including phenoxy) is 2. The summed E-state index contributed by atoms with van der Waals surface area (Å²) < 4.78 is 9.98. The van der Waals surface area contributed by atoms with Crippen molar-refractivity contribution in [1.29, 1.82) is 0 Å². The van der Waals surface area contributed by atoms with Crippen molar-refractivity contribution in [3.8, 4) is 11.5 Å². The molecule has 0 saturated heterocycles. The van der Waals surface area contributed by atoms with Crippen LogP contribution in [0, 0.1) is 0 Å². The fourth-order valence-corrected chi connectivity index (χ4v) is 2.39. The Morgan fingerprint density at radius 3 is 2.38 bits per heavy atom. The molecule has 0 saturated carbocycles. The van der Waals surface area contributed by atoms with Gasteiger partial charge in [-0.15, -0.1) is 0 Å². The summed E-state index contributed by atoms with van der Waals surface area (Å²) in [6.45, 7) is 7.36. The number of hydrogen-bond acceptors (Lipinski definition) is 5. The average Bonchev–Trinajstić information content (AvgIpc) is 2.51. The molecule has 6 heteroatoms. The fourth-order valence-electron chi connectivity index (χ4n) is 2.39. The van der Waals surface area contributed by atoms with Crippen LogP contribution in [0.3, 0.4) is 0 Å². The number of rotatable bonds is 7. The lowest BCUT2D eigenvalue weighted by molar-refractivity contribution is -0.150. The van der Waals surface area contributed by atoms with Crippen LogP contribution in [0.25, 0.3) is 6.08 Å². The van der Waals surface area contributed by atoms with Crippen LogP contribution >= 0.6 is 0 Å². The average molecular weight is 335 g/mol. The van der Waals surface area contributed by atoms with Gasteiger partial charge in [0.05, 0.1) is 7.11 Å². The third-order valence-corrected chi connectivity index (χ3v) is 3.35. The molecule has 0 atom stereocenters. The number of carbonyl (C=O) groups excluding carboxylic acids is 2. The molecule has 1 rings (SSSR count). The highest BCUT2D eigenvalue weighted by Gasteiger charge is 2.20. The second-order valence-electron chi connectivity index (χ2n) is 5.86. The Balaban J connectivity index is 2.61. The number of amides is 1. The highest BCUT2D eigenvalue weighted by molar-refractivity contribution is 5.89. The van der Waals surface area contributed by atoms with Crippen LogP contribution < -0.4 is 4.74 Å². The fraction of sp³-hybridized carbons (Fsp3) is 0.444. The summed E-state index contributed by atoms with van der Waals surface area (Å²) in [7, 11) is 1.44. The molecule has 0 aliphatic heterocycles. The van der Waals surface area contributed by atoms with E-state index in [1.54, 1.807) is 17.0 Å². The Kier molecular flexibility index (Phi) is 7.30. The number of phenolic OH excluding ortho intramolecular Hbond substituents is 1. The molecule has 0 unspecified atom stereocenters. The van der Waals surface area contributed by atoms with E-state index >= 15 is 0 Å². The predicted molar refractivity (Wildman–Crippen MR) is 91.8 cm³/mol. The quantitative estimate of drug-likeness (QED) is 0.612. The minimum Gasteiger partial charge on any atom is -0.504 e. The molecule has 0 bridgehead atoms. The van der Waals surface area contributed by atoms with E-state index in [1.165, 1.54) is 25.3 Å². The first-order chi connectivity index (χ1) is 11.3. The maximum Gasteiger partial charge on any atom is 0.331 e. The van der Waals surface area contributed by atoms with Crippen molar-refractivity contribution >= 4 is 18.0 Å². The summed E-state index contributed by atoms with van der Waals surface area (Å²) in [5.74, 6) is -0.508. The van der Waals surface area contributed by atoms with Crippen LogP contribution in [-0.2, 0) is 14.3 Å². The maximum absolute atomic E-state index is 12.1. The zero-order valence-corrected chi connectivity index (χ0v) is 14.8. The molecule has 132 valence electrons. The molecule has 0 aliphatic carbocycles. The van der Waals surface area contributed by atoms with Gasteiger partial charge in [0.15, 0.2) is 18.1 Å². The van der Waals surface area contributed by atoms with Gasteiger partial charge in [-0.1, -0.05) is 6.07 Å². The van der Waals surface area contributed by atoms with Crippen LogP contribution in [0.15, 0.2) is 24.3 Å². The first kappa shape index (κ1) is 19.5. The molecule has 1 aromatic carbocycles. The van der Waals surface area contributed by atoms with Gasteiger partial charge in [-0.3, -0.25) is 4.79 Å². The molecule has 0 radical (unpaired) electrons. The Labute approximate surface area is 142 Å². The number of esters is 1. The van der Waals surface area contributed by atoms with E-state index in [4.69, 9.17) is 9.47 Å². The van der Waals surface area contributed by atoms with Crippen molar-refractivity contribution < 1.29 is 24.2 Å². The zero-order valence-electron chi connectivity index (χ0n) is 14.8. The van der Waals surface area contributed by atoms with E-state index in [-0.39, 0.29) is 30.3 Å². The van der Waals surface area contributed by atoms with Gasteiger partial charge in [0, 0.05) is 18.2 Å². The molecule has 1 aromatic rings. The second-order valence-corrected chi connectivity index (χ2v) is 5.86. The summed E-state index contributed by atoms with van der Waals surface area (Å²) in [6, 6.07) is 4.76. The molecular formula is C18H25NO5. The monoisotopic (exact) mass is 335 g/mol. The highest BCUT2D eigenvalue weighted by atomic mass is 16.5. The largest absolute Gasteiger partial charge is 0.504 e. The maximum atomic E-state index is 12.1. The lowest BCUT2D eigenvalue weighted by Gasteiger charge is -2.30.